The molecule has 100 valence electrons. The van der Waals surface area contributed by atoms with Crippen molar-refractivity contribution in [2.75, 3.05) is 0 Å². The maximum Gasteiger partial charge on any atom is 0.166 e. The standard InChI is InChI=1S/C16H17FO2/c1-2-3-12-4-7-14(8-5-12)19-16-9-6-13(11-18)10-15(16)17/h4-10,18H,2-3,11H2,1H3. The third-order valence-corrected chi connectivity index (χ3v) is 2.87. The lowest BCUT2D eigenvalue weighted by Crippen LogP contribution is -1.91. The molecule has 0 saturated heterocycles. The van der Waals surface area contributed by atoms with Crippen molar-refractivity contribution in [2.24, 2.45) is 0 Å². The molecule has 0 aliphatic carbocycles. The number of hydrogen-bond donors (Lipinski definition) is 1. The summed E-state index contributed by atoms with van der Waals surface area (Å²) in [6, 6.07) is 12.1. The van der Waals surface area contributed by atoms with E-state index in [0.29, 0.717) is 11.3 Å². The third-order valence-electron chi connectivity index (χ3n) is 2.87. The summed E-state index contributed by atoms with van der Waals surface area (Å²) >= 11 is 0. The summed E-state index contributed by atoms with van der Waals surface area (Å²) in [5.74, 6) is 0.306. The predicted octanol–water partition coefficient (Wildman–Crippen LogP) is 4.06. The molecule has 0 bridgehead atoms. The number of benzene rings is 2. The quantitative estimate of drug-likeness (QED) is 0.878. The summed E-state index contributed by atoms with van der Waals surface area (Å²) in [4.78, 5) is 0. The van der Waals surface area contributed by atoms with Crippen LogP contribution in [0, 0.1) is 5.82 Å². The van der Waals surface area contributed by atoms with E-state index >= 15 is 0 Å². The zero-order valence-electron chi connectivity index (χ0n) is 10.9. The molecule has 0 heterocycles. The SMILES string of the molecule is CCCc1ccc(Oc2ccc(CO)cc2F)cc1. The molecule has 0 aliphatic rings. The van der Waals surface area contributed by atoms with Crippen molar-refractivity contribution in [1.29, 1.82) is 0 Å². The molecule has 19 heavy (non-hydrogen) atoms. The maximum atomic E-state index is 13.7. The van der Waals surface area contributed by atoms with Crippen LogP contribution < -0.4 is 4.74 Å². The fourth-order valence-electron chi connectivity index (χ4n) is 1.87. The van der Waals surface area contributed by atoms with Crippen molar-refractivity contribution in [3.8, 4) is 11.5 Å². The van der Waals surface area contributed by atoms with E-state index in [4.69, 9.17) is 9.84 Å². The topological polar surface area (TPSA) is 29.5 Å². The minimum absolute atomic E-state index is 0.167. The van der Waals surface area contributed by atoms with Gasteiger partial charge in [-0.15, -0.1) is 0 Å². The third kappa shape index (κ3) is 3.55. The van der Waals surface area contributed by atoms with E-state index in [1.165, 1.54) is 17.7 Å². The summed E-state index contributed by atoms with van der Waals surface area (Å²) in [6.45, 7) is 1.95. The van der Waals surface area contributed by atoms with Crippen LogP contribution in [0.4, 0.5) is 4.39 Å². The second kappa shape index (κ2) is 6.34. The van der Waals surface area contributed by atoms with Gasteiger partial charge in [-0.2, -0.15) is 0 Å². The predicted molar refractivity (Wildman–Crippen MR) is 72.8 cm³/mol. The normalized spacial score (nSPS) is 10.5. The maximum absolute atomic E-state index is 13.7. The molecule has 2 rings (SSSR count). The first-order valence-corrected chi connectivity index (χ1v) is 6.39. The van der Waals surface area contributed by atoms with E-state index in [0.717, 1.165) is 12.8 Å². The Morgan fingerprint density at radius 1 is 1.05 bits per heavy atom. The van der Waals surface area contributed by atoms with E-state index < -0.39 is 5.82 Å². The van der Waals surface area contributed by atoms with Crippen LogP contribution in [-0.2, 0) is 13.0 Å². The van der Waals surface area contributed by atoms with Gasteiger partial charge in [-0.25, -0.2) is 4.39 Å². The van der Waals surface area contributed by atoms with Gasteiger partial charge in [0.05, 0.1) is 6.61 Å². The summed E-state index contributed by atoms with van der Waals surface area (Å²) in [5, 5.41) is 8.92. The van der Waals surface area contributed by atoms with Crippen molar-refractivity contribution in [3.63, 3.8) is 0 Å². The smallest absolute Gasteiger partial charge is 0.166 e. The fourth-order valence-corrected chi connectivity index (χ4v) is 1.87. The number of aryl methyl sites for hydroxylation is 1. The lowest BCUT2D eigenvalue weighted by Gasteiger charge is -2.08. The zero-order chi connectivity index (χ0) is 13.7. The van der Waals surface area contributed by atoms with Gasteiger partial charge in [0.25, 0.3) is 0 Å². The molecular weight excluding hydrogens is 243 g/mol. The summed E-state index contributed by atoms with van der Waals surface area (Å²) in [7, 11) is 0. The molecule has 0 amide bonds. The van der Waals surface area contributed by atoms with Crippen LogP contribution in [-0.4, -0.2) is 5.11 Å². The van der Waals surface area contributed by atoms with Gasteiger partial charge in [0.1, 0.15) is 5.75 Å². The molecule has 0 saturated carbocycles. The Morgan fingerprint density at radius 3 is 2.32 bits per heavy atom. The molecule has 0 unspecified atom stereocenters. The first-order valence-electron chi connectivity index (χ1n) is 6.39. The molecular formula is C16H17FO2. The molecule has 0 aliphatic heterocycles. The first-order chi connectivity index (χ1) is 9.22. The second-order valence-electron chi connectivity index (χ2n) is 4.42. The van der Waals surface area contributed by atoms with Crippen LogP contribution >= 0.6 is 0 Å². The van der Waals surface area contributed by atoms with E-state index in [9.17, 15) is 4.39 Å². The number of halogens is 1. The summed E-state index contributed by atoms with van der Waals surface area (Å²) in [5.41, 5.74) is 1.77. The van der Waals surface area contributed by atoms with Crippen molar-refractivity contribution in [2.45, 2.75) is 26.4 Å². The number of rotatable bonds is 5. The highest BCUT2D eigenvalue weighted by atomic mass is 19.1. The average Bonchev–Trinajstić information content (AvgIpc) is 2.43. The molecule has 3 heteroatoms. The number of ether oxygens (including phenoxy) is 1. The minimum atomic E-state index is -0.468. The fraction of sp³-hybridized carbons (Fsp3) is 0.250. The Bertz CT molecular complexity index is 535. The van der Waals surface area contributed by atoms with E-state index in [1.54, 1.807) is 6.07 Å². The van der Waals surface area contributed by atoms with Crippen LogP contribution in [0.3, 0.4) is 0 Å². The van der Waals surface area contributed by atoms with Gasteiger partial charge < -0.3 is 9.84 Å². The molecule has 1 N–H and O–H groups in total. The summed E-state index contributed by atoms with van der Waals surface area (Å²) < 4.78 is 19.2. The van der Waals surface area contributed by atoms with E-state index in [-0.39, 0.29) is 12.4 Å². The number of hydrogen-bond acceptors (Lipinski definition) is 2. The van der Waals surface area contributed by atoms with Crippen LogP contribution in [0.15, 0.2) is 42.5 Å². The highest BCUT2D eigenvalue weighted by Gasteiger charge is 2.06. The monoisotopic (exact) mass is 260 g/mol. The molecule has 2 nitrogen and oxygen atoms in total. The molecule has 0 aromatic heterocycles. The average molecular weight is 260 g/mol. The van der Waals surface area contributed by atoms with Crippen LogP contribution in [0.2, 0.25) is 0 Å². The van der Waals surface area contributed by atoms with Gasteiger partial charge in [0, 0.05) is 0 Å². The highest BCUT2D eigenvalue weighted by Crippen LogP contribution is 2.25. The van der Waals surface area contributed by atoms with Gasteiger partial charge in [-0.3, -0.25) is 0 Å². The van der Waals surface area contributed by atoms with Crippen molar-refractivity contribution in [3.05, 3.63) is 59.4 Å². The molecule has 2 aromatic carbocycles. The minimum Gasteiger partial charge on any atom is -0.454 e. The van der Waals surface area contributed by atoms with Crippen LogP contribution in [0.1, 0.15) is 24.5 Å². The lowest BCUT2D eigenvalue weighted by atomic mass is 10.1. The molecule has 0 radical (unpaired) electrons. The number of aliphatic hydroxyl groups excluding tert-OH is 1. The van der Waals surface area contributed by atoms with Gasteiger partial charge >= 0.3 is 0 Å². The van der Waals surface area contributed by atoms with Crippen molar-refractivity contribution in [1.82, 2.24) is 0 Å². The van der Waals surface area contributed by atoms with Crippen molar-refractivity contribution >= 4 is 0 Å². The van der Waals surface area contributed by atoms with E-state index in [2.05, 4.69) is 6.92 Å². The van der Waals surface area contributed by atoms with E-state index in [1.807, 2.05) is 24.3 Å². The Balaban J connectivity index is 2.12. The zero-order valence-corrected chi connectivity index (χ0v) is 10.9. The molecule has 2 aromatic rings. The Morgan fingerprint density at radius 2 is 1.74 bits per heavy atom. The van der Waals surface area contributed by atoms with Gasteiger partial charge in [-0.05, 0) is 41.8 Å². The molecule has 0 spiro atoms. The van der Waals surface area contributed by atoms with Crippen LogP contribution in [0.5, 0.6) is 11.5 Å². The van der Waals surface area contributed by atoms with Gasteiger partial charge in [0.15, 0.2) is 11.6 Å². The Labute approximate surface area is 112 Å². The Kier molecular flexibility index (Phi) is 4.53. The second-order valence-corrected chi connectivity index (χ2v) is 4.42. The van der Waals surface area contributed by atoms with Crippen molar-refractivity contribution < 1.29 is 14.2 Å². The summed E-state index contributed by atoms with van der Waals surface area (Å²) in [6.07, 6.45) is 2.12. The lowest BCUT2D eigenvalue weighted by molar-refractivity contribution is 0.281. The number of aliphatic hydroxyl groups is 1. The van der Waals surface area contributed by atoms with Gasteiger partial charge in [-0.1, -0.05) is 31.5 Å². The highest BCUT2D eigenvalue weighted by molar-refractivity contribution is 5.35. The largest absolute Gasteiger partial charge is 0.454 e. The molecule has 0 atom stereocenters. The van der Waals surface area contributed by atoms with Gasteiger partial charge in [0.2, 0.25) is 0 Å². The van der Waals surface area contributed by atoms with Crippen LogP contribution in [0.25, 0.3) is 0 Å². The first kappa shape index (κ1) is 13.6. The molecule has 0 fully saturated rings. The Hall–Kier alpha value is -1.87.